The highest BCUT2D eigenvalue weighted by atomic mass is 32.1. The number of H-pyrrole nitrogens is 1. The van der Waals surface area contributed by atoms with Crippen LogP contribution in [0.1, 0.15) is 22.8 Å². The molecule has 26 heavy (non-hydrogen) atoms. The number of aliphatic imine (C=N–C) groups is 1. The third-order valence-corrected chi connectivity index (χ3v) is 4.07. The lowest BCUT2D eigenvalue weighted by Crippen LogP contribution is -2.25. The number of amidine groups is 1. The monoisotopic (exact) mass is 380 g/mol. The molecule has 0 aliphatic heterocycles. The number of carbonyl (C=O) groups excluding carboxylic acids is 1. The first-order valence-corrected chi connectivity index (χ1v) is 8.62. The molecular formula is C16H20N4O5S. The summed E-state index contributed by atoms with van der Waals surface area (Å²) in [5.41, 5.74) is 6.47. The van der Waals surface area contributed by atoms with Gasteiger partial charge in [-0.3, -0.25) is 14.2 Å². The molecule has 0 saturated heterocycles. The predicted octanol–water partition coefficient (Wildman–Crippen LogP) is 0.415. The van der Waals surface area contributed by atoms with Crippen molar-refractivity contribution in [2.45, 2.75) is 13.0 Å². The van der Waals surface area contributed by atoms with Crippen molar-refractivity contribution in [2.75, 3.05) is 25.1 Å². The normalized spacial score (nSPS) is 12.7. The molecule has 1 heterocycles. The number of rotatable bonds is 8. The van der Waals surface area contributed by atoms with Crippen molar-refractivity contribution in [3.63, 3.8) is 0 Å². The number of aromatic amines is 1. The number of ether oxygens (including phenoxy) is 1. The summed E-state index contributed by atoms with van der Waals surface area (Å²) in [6.45, 7) is 1.41. The van der Waals surface area contributed by atoms with E-state index in [-0.39, 0.29) is 24.6 Å². The molecule has 0 saturated carbocycles. The topological polar surface area (TPSA) is 150 Å². The SMILES string of the molecule is CCOC(=O)c1cccc(Nc2s[nH]c(=O)c2C(N)=NCC(O)CO)c1. The Hall–Kier alpha value is -2.69. The van der Waals surface area contributed by atoms with E-state index in [0.29, 0.717) is 16.3 Å². The van der Waals surface area contributed by atoms with E-state index in [1.54, 1.807) is 31.2 Å². The van der Waals surface area contributed by atoms with E-state index in [4.69, 9.17) is 15.6 Å². The van der Waals surface area contributed by atoms with Crippen molar-refractivity contribution in [3.8, 4) is 0 Å². The fraction of sp³-hybridized carbons (Fsp3) is 0.312. The van der Waals surface area contributed by atoms with Crippen LogP contribution in [0.2, 0.25) is 0 Å². The summed E-state index contributed by atoms with van der Waals surface area (Å²) in [6, 6.07) is 6.61. The zero-order valence-electron chi connectivity index (χ0n) is 14.1. The van der Waals surface area contributed by atoms with Gasteiger partial charge in [0.2, 0.25) is 0 Å². The van der Waals surface area contributed by atoms with Crippen LogP contribution >= 0.6 is 11.5 Å². The quantitative estimate of drug-likeness (QED) is 0.253. The lowest BCUT2D eigenvalue weighted by molar-refractivity contribution is 0.0526. The lowest BCUT2D eigenvalue weighted by Gasteiger charge is -2.08. The predicted molar refractivity (Wildman–Crippen MR) is 99.3 cm³/mol. The number of hydrogen-bond donors (Lipinski definition) is 5. The Kier molecular flexibility index (Phi) is 6.89. The standard InChI is InChI=1S/C16H20N4O5S/c1-2-25-16(24)9-4-3-5-10(6-9)19-15-12(14(23)20-26-15)13(17)18-7-11(22)8-21/h3-6,11,19,21-22H,2,7-8H2,1H3,(H2,17,18)(H,20,23). The molecule has 0 bridgehead atoms. The van der Waals surface area contributed by atoms with Gasteiger partial charge in [0.25, 0.3) is 5.56 Å². The van der Waals surface area contributed by atoms with Crippen molar-refractivity contribution in [3.05, 3.63) is 45.7 Å². The molecular weight excluding hydrogens is 360 g/mol. The van der Waals surface area contributed by atoms with E-state index in [9.17, 15) is 14.7 Å². The first-order chi connectivity index (χ1) is 12.5. The summed E-state index contributed by atoms with van der Waals surface area (Å²) in [5.74, 6) is -0.512. The third-order valence-electron chi connectivity index (χ3n) is 3.27. The average Bonchev–Trinajstić information content (AvgIpc) is 3.00. The number of hydrogen-bond acceptors (Lipinski definition) is 8. The molecule has 0 amide bonds. The summed E-state index contributed by atoms with van der Waals surface area (Å²) in [6.07, 6.45) is -1.05. The molecule has 1 unspecified atom stereocenters. The fourth-order valence-electron chi connectivity index (χ4n) is 2.03. The Morgan fingerprint density at radius 1 is 1.50 bits per heavy atom. The molecule has 0 radical (unpaired) electrons. The van der Waals surface area contributed by atoms with Crippen molar-refractivity contribution < 1.29 is 19.7 Å². The average molecular weight is 380 g/mol. The molecule has 1 atom stereocenters. The second-order valence-electron chi connectivity index (χ2n) is 5.23. The second-order valence-corrected chi connectivity index (χ2v) is 6.04. The number of nitrogens with two attached hydrogens (primary N) is 1. The number of anilines is 2. The minimum atomic E-state index is -1.05. The van der Waals surface area contributed by atoms with Gasteiger partial charge < -0.3 is 26.0 Å². The first-order valence-electron chi connectivity index (χ1n) is 7.81. The first kappa shape index (κ1) is 19.6. The van der Waals surface area contributed by atoms with Gasteiger partial charge in [0.15, 0.2) is 0 Å². The molecule has 0 aliphatic rings. The van der Waals surface area contributed by atoms with Crippen LogP contribution in [-0.2, 0) is 4.74 Å². The fourth-order valence-corrected chi connectivity index (χ4v) is 2.80. The smallest absolute Gasteiger partial charge is 0.338 e. The van der Waals surface area contributed by atoms with Crippen LogP contribution in [0.25, 0.3) is 0 Å². The third kappa shape index (κ3) is 4.91. The summed E-state index contributed by atoms with van der Waals surface area (Å²) < 4.78 is 7.52. The van der Waals surface area contributed by atoms with E-state index in [1.807, 2.05) is 0 Å². The highest BCUT2D eigenvalue weighted by Crippen LogP contribution is 2.23. The lowest BCUT2D eigenvalue weighted by atomic mass is 10.2. The summed E-state index contributed by atoms with van der Waals surface area (Å²) in [4.78, 5) is 27.8. The van der Waals surface area contributed by atoms with Gasteiger partial charge in [0.05, 0.1) is 31.4 Å². The van der Waals surface area contributed by atoms with Gasteiger partial charge in [0.1, 0.15) is 16.4 Å². The molecule has 1 aromatic carbocycles. The molecule has 6 N–H and O–H groups in total. The second kappa shape index (κ2) is 9.13. The number of aromatic nitrogens is 1. The summed E-state index contributed by atoms with van der Waals surface area (Å²) in [5, 5.41) is 21.6. The summed E-state index contributed by atoms with van der Waals surface area (Å²) in [7, 11) is 0. The molecule has 2 aromatic rings. The molecule has 0 aliphatic carbocycles. The maximum Gasteiger partial charge on any atom is 0.338 e. The number of benzene rings is 1. The Morgan fingerprint density at radius 2 is 2.27 bits per heavy atom. The van der Waals surface area contributed by atoms with Gasteiger partial charge in [-0.25, -0.2) is 4.79 Å². The van der Waals surface area contributed by atoms with Crippen LogP contribution in [0.4, 0.5) is 10.7 Å². The molecule has 2 rings (SSSR count). The Balaban J connectivity index is 2.25. The molecule has 1 aromatic heterocycles. The maximum atomic E-state index is 12.0. The van der Waals surface area contributed by atoms with E-state index < -0.39 is 24.2 Å². The minimum absolute atomic E-state index is 0.0657. The number of carbonyl (C=O) groups is 1. The highest BCUT2D eigenvalue weighted by Gasteiger charge is 2.16. The van der Waals surface area contributed by atoms with Crippen LogP contribution in [-0.4, -0.2) is 52.3 Å². The van der Waals surface area contributed by atoms with Crippen LogP contribution < -0.4 is 16.6 Å². The summed E-state index contributed by atoms with van der Waals surface area (Å²) >= 11 is 1.03. The zero-order chi connectivity index (χ0) is 19.1. The molecule has 0 fully saturated rings. The van der Waals surface area contributed by atoms with Gasteiger partial charge in [-0.05, 0) is 36.7 Å². The number of aliphatic hydroxyl groups is 2. The number of nitrogens with zero attached hydrogens (tertiary/aromatic N) is 1. The Labute approximate surface area is 153 Å². The van der Waals surface area contributed by atoms with Crippen molar-refractivity contribution in [1.82, 2.24) is 4.37 Å². The van der Waals surface area contributed by atoms with Crippen LogP contribution in [0.5, 0.6) is 0 Å². The zero-order valence-corrected chi connectivity index (χ0v) is 14.9. The van der Waals surface area contributed by atoms with Crippen molar-refractivity contribution in [1.29, 1.82) is 0 Å². The van der Waals surface area contributed by atoms with Gasteiger partial charge in [-0.2, -0.15) is 0 Å². The van der Waals surface area contributed by atoms with E-state index in [0.717, 1.165) is 11.5 Å². The number of aliphatic hydroxyl groups excluding tert-OH is 2. The van der Waals surface area contributed by atoms with Gasteiger partial charge >= 0.3 is 5.97 Å². The Bertz CT molecular complexity index is 845. The highest BCUT2D eigenvalue weighted by molar-refractivity contribution is 7.10. The van der Waals surface area contributed by atoms with E-state index in [2.05, 4.69) is 14.7 Å². The van der Waals surface area contributed by atoms with Crippen LogP contribution in [0.3, 0.4) is 0 Å². The van der Waals surface area contributed by atoms with Crippen molar-refractivity contribution >= 4 is 34.0 Å². The largest absolute Gasteiger partial charge is 0.462 e. The van der Waals surface area contributed by atoms with E-state index in [1.165, 1.54) is 0 Å². The molecule has 140 valence electrons. The molecule has 0 spiro atoms. The van der Waals surface area contributed by atoms with Gasteiger partial charge in [-0.15, -0.1) is 0 Å². The van der Waals surface area contributed by atoms with Gasteiger partial charge in [-0.1, -0.05) is 6.07 Å². The Morgan fingerprint density at radius 3 is 2.96 bits per heavy atom. The molecule has 10 heteroatoms. The van der Waals surface area contributed by atoms with E-state index >= 15 is 0 Å². The van der Waals surface area contributed by atoms with Crippen LogP contribution in [0, 0.1) is 0 Å². The molecule has 9 nitrogen and oxygen atoms in total. The van der Waals surface area contributed by atoms with Crippen molar-refractivity contribution in [2.24, 2.45) is 10.7 Å². The van der Waals surface area contributed by atoms with Crippen LogP contribution in [0.15, 0.2) is 34.1 Å². The minimum Gasteiger partial charge on any atom is -0.462 e. The van der Waals surface area contributed by atoms with Gasteiger partial charge in [0, 0.05) is 5.69 Å². The number of nitrogens with one attached hydrogen (secondary N) is 2. The maximum absolute atomic E-state index is 12.0. The number of esters is 1.